The van der Waals surface area contributed by atoms with Crippen molar-refractivity contribution >= 4 is 39.7 Å². The molecule has 61 heavy (non-hydrogen) atoms. The summed E-state index contributed by atoms with van der Waals surface area (Å²) in [5.41, 5.74) is 20.4. The average molecular weight is 852 g/mol. The van der Waals surface area contributed by atoms with E-state index in [4.69, 9.17) is 17.2 Å². The first-order valence-electron chi connectivity index (χ1n) is 21.3. The lowest BCUT2D eigenvalue weighted by molar-refractivity contribution is 0.820. The number of nitrogens with two attached hydrogens (primary N) is 3. The molecular weight excluding hydrogens is 775 g/mol. The van der Waals surface area contributed by atoms with Crippen LogP contribution in [0.15, 0.2) is 50.3 Å². The van der Waals surface area contributed by atoms with Crippen molar-refractivity contribution in [2.24, 2.45) is 0 Å². The van der Waals surface area contributed by atoms with Gasteiger partial charge in [0.25, 0.3) is 11.1 Å². The third-order valence-corrected chi connectivity index (χ3v) is 7.33. The van der Waals surface area contributed by atoms with Gasteiger partial charge in [0.15, 0.2) is 0 Å². The van der Waals surface area contributed by atoms with E-state index in [1.165, 1.54) is 50.0 Å². The lowest BCUT2D eigenvalue weighted by Gasteiger charge is -2.05. The molecule has 0 amide bonds. The van der Waals surface area contributed by atoms with E-state index in [0.29, 0.717) is 40.1 Å². The van der Waals surface area contributed by atoms with Gasteiger partial charge in [-0.15, -0.1) is 0 Å². The largest absolute Gasteiger partial charge is 0.385 e. The van der Waals surface area contributed by atoms with Crippen molar-refractivity contribution in [1.82, 2.24) is 49.8 Å². The summed E-state index contributed by atoms with van der Waals surface area (Å²) in [6, 6.07) is 0. The molecule has 6 rings (SSSR count). The van der Waals surface area contributed by atoms with Gasteiger partial charge in [0.1, 0.15) is 29.3 Å². The van der Waals surface area contributed by atoms with Crippen LogP contribution in [-0.4, -0.2) is 49.8 Å². The van der Waals surface area contributed by atoms with Gasteiger partial charge in [-0.3, -0.25) is 24.5 Å². The quantitative estimate of drug-likeness (QED) is 0.0806. The van der Waals surface area contributed by atoms with Crippen LogP contribution in [0.1, 0.15) is 182 Å². The highest BCUT2D eigenvalue weighted by atomic mass is 16.2. The number of hydrogen-bond donors (Lipinski definition) is 9. The summed E-state index contributed by atoms with van der Waals surface area (Å²) in [4.78, 5) is 74.9. The molecule has 12 N–H and O–H groups in total. The predicted molar refractivity (Wildman–Crippen MR) is 257 cm³/mol. The number of rotatable bonds is 4. The van der Waals surface area contributed by atoms with Gasteiger partial charge in [-0.05, 0) is 34.8 Å². The normalized spacial score (nSPS) is 9.97. The van der Waals surface area contributed by atoms with Crippen molar-refractivity contribution in [3.8, 4) is 0 Å². The summed E-state index contributed by atoms with van der Waals surface area (Å²) >= 11 is 0. The molecule has 0 spiro atoms. The SMILES string of the molecule is CC(C)c1c[nH]c(=O)[nH]c1=O.CC(C)c1c[nH]c2nc(N)[nH]c(=O)c12.CC(C)c1c[nH]c2ncnc(N)c12.CC(C)c1cnc(=O)[nH]c1N.CCC.CCC.CCC.CCC. The Morgan fingerprint density at radius 3 is 1.39 bits per heavy atom. The number of fused-ring (bicyclic) bond motifs is 2. The van der Waals surface area contributed by atoms with E-state index in [1.807, 2.05) is 47.7 Å². The molecule has 0 aliphatic rings. The summed E-state index contributed by atoms with van der Waals surface area (Å²) in [6.45, 7) is 33.1. The molecule has 0 radical (unpaired) electrons. The monoisotopic (exact) mass is 852 g/mol. The summed E-state index contributed by atoms with van der Waals surface area (Å²) < 4.78 is 0. The van der Waals surface area contributed by atoms with Gasteiger partial charge >= 0.3 is 11.4 Å². The number of anilines is 3. The van der Waals surface area contributed by atoms with Gasteiger partial charge in [-0.1, -0.05) is 136 Å². The minimum Gasteiger partial charge on any atom is -0.385 e. The summed E-state index contributed by atoms with van der Waals surface area (Å²) in [5.74, 6) is 2.25. The Morgan fingerprint density at radius 1 is 0.508 bits per heavy atom. The molecule has 0 saturated carbocycles. The highest BCUT2D eigenvalue weighted by Crippen LogP contribution is 2.27. The fourth-order valence-corrected chi connectivity index (χ4v) is 4.73. The molecule has 0 aliphatic carbocycles. The van der Waals surface area contributed by atoms with Crippen LogP contribution in [0.2, 0.25) is 0 Å². The van der Waals surface area contributed by atoms with Crippen molar-refractivity contribution in [3.05, 3.63) is 95.0 Å². The first-order chi connectivity index (χ1) is 28.7. The zero-order chi connectivity index (χ0) is 47.4. The number of hydrogen-bond acceptors (Lipinski definition) is 11. The van der Waals surface area contributed by atoms with Crippen LogP contribution in [0.25, 0.3) is 22.1 Å². The second kappa shape index (κ2) is 31.0. The Balaban J connectivity index is 0. The first-order valence-corrected chi connectivity index (χ1v) is 21.3. The number of aromatic amines is 6. The van der Waals surface area contributed by atoms with Crippen molar-refractivity contribution in [2.45, 2.75) is 160 Å². The highest BCUT2D eigenvalue weighted by molar-refractivity contribution is 5.89. The number of nitrogens with one attached hydrogen (secondary N) is 6. The van der Waals surface area contributed by atoms with Crippen molar-refractivity contribution in [1.29, 1.82) is 0 Å². The van der Waals surface area contributed by atoms with Gasteiger partial charge in [0.2, 0.25) is 5.95 Å². The molecule has 0 aliphatic heterocycles. The molecule has 0 saturated heterocycles. The van der Waals surface area contributed by atoms with E-state index in [0.717, 1.165) is 22.2 Å². The van der Waals surface area contributed by atoms with Crippen LogP contribution < -0.4 is 39.7 Å². The van der Waals surface area contributed by atoms with E-state index in [-0.39, 0.29) is 28.9 Å². The van der Waals surface area contributed by atoms with Crippen LogP contribution in [-0.2, 0) is 0 Å². The molecule has 17 heteroatoms. The second-order valence-corrected chi connectivity index (χ2v) is 15.2. The highest BCUT2D eigenvalue weighted by Gasteiger charge is 2.13. The average Bonchev–Trinajstić information content (AvgIpc) is 3.80. The Morgan fingerprint density at radius 2 is 0.951 bits per heavy atom. The van der Waals surface area contributed by atoms with Gasteiger partial charge in [-0.2, -0.15) is 4.98 Å². The summed E-state index contributed by atoms with van der Waals surface area (Å²) in [5, 5.41) is 1.56. The smallest absolute Gasteiger partial charge is 0.346 e. The Labute approximate surface area is 361 Å². The molecule has 0 unspecified atom stereocenters. The Hall–Kier alpha value is -6.00. The second-order valence-electron chi connectivity index (χ2n) is 15.2. The minimum atomic E-state index is -0.459. The molecule has 0 fully saturated rings. The van der Waals surface area contributed by atoms with Crippen LogP contribution in [0.3, 0.4) is 0 Å². The summed E-state index contributed by atoms with van der Waals surface area (Å²) in [6.07, 6.45) is 13.2. The molecule has 342 valence electrons. The maximum absolute atomic E-state index is 11.6. The first kappa shape index (κ1) is 57.1. The zero-order valence-corrected chi connectivity index (χ0v) is 39.7. The molecule has 6 aromatic rings. The molecule has 6 aromatic heterocycles. The molecular formula is C44H77N13O4. The number of nitrogen functional groups attached to an aromatic ring is 3. The maximum atomic E-state index is 11.6. The van der Waals surface area contributed by atoms with Gasteiger partial charge in [-0.25, -0.2) is 24.5 Å². The van der Waals surface area contributed by atoms with Gasteiger partial charge in [0.05, 0.1) is 10.8 Å². The van der Waals surface area contributed by atoms with E-state index in [9.17, 15) is 19.2 Å². The molecule has 0 atom stereocenters. The topological polar surface area (TPSA) is 293 Å². The molecule has 17 nitrogen and oxygen atoms in total. The Kier molecular flexibility index (Phi) is 29.0. The summed E-state index contributed by atoms with van der Waals surface area (Å²) in [7, 11) is 0. The van der Waals surface area contributed by atoms with Crippen LogP contribution >= 0.6 is 0 Å². The van der Waals surface area contributed by atoms with Crippen molar-refractivity contribution in [3.63, 3.8) is 0 Å². The molecule has 0 bridgehead atoms. The third-order valence-electron chi connectivity index (χ3n) is 7.33. The number of aromatic nitrogens is 10. The lowest BCUT2D eigenvalue weighted by Crippen LogP contribution is -2.24. The third kappa shape index (κ3) is 20.7. The van der Waals surface area contributed by atoms with Crippen LogP contribution in [0.4, 0.5) is 17.6 Å². The van der Waals surface area contributed by atoms with E-state index in [1.54, 1.807) is 6.20 Å². The Bertz CT molecular complexity index is 2300. The van der Waals surface area contributed by atoms with E-state index in [2.05, 4.69) is 119 Å². The van der Waals surface area contributed by atoms with Gasteiger partial charge in [0, 0.05) is 35.9 Å². The minimum absolute atomic E-state index is 0.135. The molecule has 6 heterocycles. The molecule has 0 aromatic carbocycles. The van der Waals surface area contributed by atoms with Crippen LogP contribution in [0, 0.1) is 0 Å². The van der Waals surface area contributed by atoms with Gasteiger partial charge < -0.3 is 32.2 Å². The fourth-order valence-electron chi connectivity index (χ4n) is 4.73. The van der Waals surface area contributed by atoms with E-state index < -0.39 is 11.4 Å². The predicted octanol–water partition coefficient (Wildman–Crippen LogP) is 8.95. The van der Waals surface area contributed by atoms with Crippen molar-refractivity contribution < 1.29 is 0 Å². The van der Waals surface area contributed by atoms with E-state index >= 15 is 0 Å². The standard InChI is InChI=1S/C9H12N4O.C9H12N4.C7H11N3O.C7H10N2O2.4C3H8/c1-4(2)5-3-11-7-6(5)8(14)13-9(10)12-7;1-5(2)6-3-11-9-7(6)8(10)12-4-13-9;1-4(2)5-3-9-7(11)10-6(5)8;1-4(2)5-3-8-7(11)9-6(5)10;4*1-3-2/h3-4H,1-2H3,(H4,10,11,12,13,14);3-5H,1-2H3,(H3,10,11,12,13);3-4H,1-2H3,(H3,8,9,10,11);3-4H,1-2H3,(H2,8,9,10,11);4*3H2,1-2H3. The number of H-pyrrole nitrogens is 6. The maximum Gasteiger partial charge on any atom is 0.346 e. The number of nitrogens with zero attached hydrogens (tertiary/aromatic N) is 4. The zero-order valence-electron chi connectivity index (χ0n) is 39.7. The van der Waals surface area contributed by atoms with Crippen LogP contribution in [0.5, 0.6) is 0 Å². The lowest BCUT2D eigenvalue weighted by atomic mass is 10.0. The van der Waals surface area contributed by atoms with Crippen molar-refractivity contribution in [2.75, 3.05) is 17.2 Å². The fraction of sp³-hybridized carbons (Fsp3) is 0.545.